The van der Waals surface area contributed by atoms with Gasteiger partial charge in [0.1, 0.15) is 0 Å². The van der Waals surface area contributed by atoms with Crippen molar-refractivity contribution >= 4 is 22.4 Å². The van der Waals surface area contributed by atoms with Gasteiger partial charge in [0.2, 0.25) is 12.7 Å². The zero-order valence-corrected chi connectivity index (χ0v) is 19.2. The van der Waals surface area contributed by atoms with Crippen LogP contribution in [0.2, 0.25) is 0 Å². The number of fused-ring (bicyclic) bond motifs is 1. The van der Waals surface area contributed by atoms with E-state index in [1.54, 1.807) is 12.1 Å². The molecule has 1 aliphatic heterocycles. The second kappa shape index (κ2) is 8.07. The van der Waals surface area contributed by atoms with Gasteiger partial charge in [-0.1, -0.05) is 30.3 Å². The molecule has 1 heterocycles. The predicted octanol–water partition coefficient (Wildman–Crippen LogP) is 5.30. The number of hydrogen-bond acceptors (Lipinski definition) is 6. The van der Waals surface area contributed by atoms with E-state index in [0.717, 1.165) is 40.8 Å². The second-order valence-corrected chi connectivity index (χ2v) is 10.4. The zero-order valence-electron chi connectivity index (χ0n) is 18.4. The van der Waals surface area contributed by atoms with Crippen molar-refractivity contribution in [2.45, 2.75) is 30.1 Å². The number of carbonyl (C=O) groups is 1. The van der Waals surface area contributed by atoms with E-state index >= 15 is 0 Å². The summed E-state index contributed by atoms with van der Waals surface area (Å²) >= 11 is 0. The number of anilines is 1. The molecule has 8 heteroatoms. The Labute approximate surface area is 194 Å². The molecular formula is C25H26N2O5S. The van der Waals surface area contributed by atoms with E-state index in [0.29, 0.717) is 16.4 Å². The summed E-state index contributed by atoms with van der Waals surface area (Å²) in [5, 5.41) is 3.14. The van der Waals surface area contributed by atoms with Gasteiger partial charge in [-0.15, -0.1) is 10.8 Å². The summed E-state index contributed by atoms with van der Waals surface area (Å²) in [6.07, 6.45) is 1.58. The molecule has 1 saturated carbocycles. The number of benzene rings is 3. The Bertz CT molecular complexity index is 1220. The van der Waals surface area contributed by atoms with Crippen molar-refractivity contribution in [2.75, 3.05) is 19.2 Å². The quantitative estimate of drug-likeness (QED) is 0.393. The van der Waals surface area contributed by atoms with Crippen LogP contribution in [0, 0.1) is 6.92 Å². The van der Waals surface area contributed by atoms with Crippen LogP contribution in [-0.2, 0) is 10.2 Å². The minimum atomic E-state index is -2.99. The molecule has 2 aliphatic rings. The van der Waals surface area contributed by atoms with E-state index in [1.807, 2.05) is 55.5 Å². The molecule has 4 N–H and O–H groups in total. The van der Waals surface area contributed by atoms with Crippen molar-refractivity contribution in [3.05, 3.63) is 71.8 Å². The molecule has 0 aromatic heterocycles. The summed E-state index contributed by atoms with van der Waals surface area (Å²) in [7, 11) is -1.48. The lowest BCUT2D eigenvalue weighted by Crippen LogP contribution is -2.28. The maximum absolute atomic E-state index is 13.3. The largest absolute Gasteiger partial charge is 0.454 e. The van der Waals surface area contributed by atoms with Crippen molar-refractivity contribution in [3.63, 3.8) is 0 Å². The lowest BCUT2D eigenvalue weighted by atomic mass is 9.94. The third kappa shape index (κ3) is 3.95. The van der Waals surface area contributed by atoms with Crippen LogP contribution in [0.25, 0.3) is 11.1 Å². The van der Waals surface area contributed by atoms with E-state index < -0.39 is 16.2 Å². The van der Waals surface area contributed by atoms with E-state index in [2.05, 4.69) is 10.0 Å². The van der Waals surface area contributed by atoms with Gasteiger partial charge in [-0.25, -0.2) is 4.72 Å². The molecular weight excluding hydrogens is 440 g/mol. The first-order valence-corrected chi connectivity index (χ1v) is 12.3. The Hall–Kier alpha value is -3.04. The summed E-state index contributed by atoms with van der Waals surface area (Å²) in [5.41, 5.74) is 3.96. The Balaban J connectivity index is 1.38. The molecule has 33 heavy (non-hydrogen) atoms. The van der Waals surface area contributed by atoms with Crippen LogP contribution < -0.4 is 19.5 Å². The van der Waals surface area contributed by atoms with Crippen LogP contribution in [0.15, 0.2) is 65.6 Å². The third-order valence-electron chi connectivity index (χ3n) is 6.40. The van der Waals surface area contributed by atoms with Gasteiger partial charge >= 0.3 is 0 Å². The van der Waals surface area contributed by atoms with Gasteiger partial charge in [0.15, 0.2) is 11.5 Å². The van der Waals surface area contributed by atoms with Crippen LogP contribution in [0.5, 0.6) is 11.5 Å². The highest BCUT2D eigenvalue weighted by Crippen LogP contribution is 2.51. The predicted molar refractivity (Wildman–Crippen MR) is 129 cm³/mol. The van der Waals surface area contributed by atoms with Crippen molar-refractivity contribution in [3.8, 4) is 22.6 Å². The zero-order chi connectivity index (χ0) is 23.2. The molecule has 3 aromatic carbocycles. The van der Waals surface area contributed by atoms with Gasteiger partial charge < -0.3 is 14.8 Å². The minimum Gasteiger partial charge on any atom is -0.454 e. The molecule has 1 fully saturated rings. The van der Waals surface area contributed by atoms with Gasteiger partial charge in [0.05, 0.1) is 10.3 Å². The highest BCUT2D eigenvalue weighted by atomic mass is 32.3. The van der Waals surface area contributed by atoms with Crippen molar-refractivity contribution in [1.82, 2.24) is 4.72 Å². The van der Waals surface area contributed by atoms with Gasteiger partial charge in [0, 0.05) is 12.7 Å². The maximum atomic E-state index is 13.3. The first-order chi connectivity index (χ1) is 15.8. The Morgan fingerprint density at radius 3 is 2.33 bits per heavy atom. The number of carbonyl (C=O) groups excluding carboxylic acids is 1. The first kappa shape index (κ1) is 21.8. The normalized spacial score (nSPS) is 16.4. The molecule has 172 valence electrons. The lowest BCUT2D eigenvalue weighted by Gasteiger charge is -2.31. The molecule has 0 bridgehead atoms. The maximum Gasteiger partial charge on any atom is 0.235 e. The SMILES string of the molecule is CNS(O)(O)c1ccc(-c2ccc(C)c(NC(=O)C3(c4ccc5c(c4)OCO5)CC3)c2)cc1. The fraction of sp³-hybridized carbons (Fsp3) is 0.240. The van der Waals surface area contributed by atoms with Crippen LogP contribution >= 0.6 is 10.8 Å². The summed E-state index contributed by atoms with van der Waals surface area (Å²) in [4.78, 5) is 13.8. The van der Waals surface area contributed by atoms with E-state index in [-0.39, 0.29) is 12.7 Å². The highest BCUT2D eigenvalue weighted by molar-refractivity contribution is 8.22. The molecule has 5 rings (SSSR count). The Morgan fingerprint density at radius 1 is 0.939 bits per heavy atom. The topological polar surface area (TPSA) is 100 Å². The van der Waals surface area contributed by atoms with Crippen LogP contribution in [0.1, 0.15) is 24.0 Å². The monoisotopic (exact) mass is 466 g/mol. The summed E-state index contributed by atoms with van der Waals surface area (Å²) in [6.45, 7) is 2.17. The van der Waals surface area contributed by atoms with Gasteiger partial charge in [-0.05, 0) is 72.4 Å². The van der Waals surface area contributed by atoms with Crippen LogP contribution in [-0.4, -0.2) is 28.9 Å². The second-order valence-electron chi connectivity index (χ2n) is 8.41. The van der Waals surface area contributed by atoms with Crippen molar-refractivity contribution in [1.29, 1.82) is 0 Å². The molecule has 0 saturated heterocycles. The average Bonchev–Trinajstić information content (AvgIpc) is 3.51. The first-order valence-electron chi connectivity index (χ1n) is 10.7. The van der Waals surface area contributed by atoms with E-state index in [4.69, 9.17) is 9.47 Å². The minimum absolute atomic E-state index is 0.0278. The average molecular weight is 467 g/mol. The number of rotatable bonds is 6. The number of aryl methyl sites for hydroxylation is 1. The molecule has 3 aromatic rings. The summed E-state index contributed by atoms with van der Waals surface area (Å²) in [6, 6.07) is 18.7. The van der Waals surface area contributed by atoms with Gasteiger partial charge in [0.25, 0.3) is 0 Å². The summed E-state index contributed by atoms with van der Waals surface area (Å²) < 4.78 is 33.5. The van der Waals surface area contributed by atoms with Gasteiger partial charge in [-0.3, -0.25) is 13.9 Å². The fourth-order valence-corrected chi connectivity index (χ4v) is 4.85. The molecule has 1 aliphatic carbocycles. The van der Waals surface area contributed by atoms with Crippen LogP contribution in [0.4, 0.5) is 5.69 Å². The Morgan fingerprint density at radius 2 is 1.64 bits per heavy atom. The molecule has 0 spiro atoms. The molecule has 0 radical (unpaired) electrons. The lowest BCUT2D eigenvalue weighted by molar-refractivity contribution is -0.118. The van der Waals surface area contributed by atoms with Crippen molar-refractivity contribution < 1.29 is 23.4 Å². The molecule has 0 unspecified atom stereocenters. The molecule has 7 nitrogen and oxygen atoms in total. The summed E-state index contributed by atoms with van der Waals surface area (Å²) in [5.74, 6) is 1.36. The molecule has 1 amide bonds. The Kier molecular flexibility index (Phi) is 5.33. The van der Waals surface area contributed by atoms with E-state index in [1.165, 1.54) is 7.05 Å². The molecule has 0 atom stereocenters. The highest BCUT2D eigenvalue weighted by Gasteiger charge is 2.51. The van der Waals surface area contributed by atoms with Crippen molar-refractivity contribution in [2.24, 2.45) is 0 Å². The smallest absolute Gasteiger partial charge is 0.235 e. The van der Waals surface area contributed by atoms with Crippen LogP contribution in [0.3, 0.4) is 0 Å². The van der Waals surface area contributed by atoms with Gasteiger partial charge in [-0.2, -0.15) is 0 Å². The fourth-order valence-electron chi connectivity index (χ4n) is 4.10. The van der Waals surface area contributed by atoms with E-state index in [9.17, 15) is 13.9 Å². The number of ether oxygens (including phenoxy) is 2. The third-order valence-corrected chi connectivity index (χ3v) is 7.90. The standard InChI is InChI=1S/C25H26N2O5S/c1-16-3-4-18(17-5-8-20(9-6-17)33(29,30)26-2)13-21(16)27-24(28)25(11-12-25)19-7-10-22-23(14-19)32-15-31-22/h3-10,13-14,26,29-30H,11-12,15H2,1-2H3,(H,27,28). The number of nitrogens with one attached hydrogen (secondary N) is 2. The number of amides is 1. The number of hydrogen-bond donors (Lipinski definition) is 4.